The minimum Gasteiger partial charge on any atom is -0.493 e. The number of benzene rings is 1. The predicted octanol–water partition coefficient (Wildman–Crippen LogP) is 2.82. The third kappa shape index (κ3) is 4.74. The molecule has 3 heterocycles. The summed E-state index contributed by atoms with van der Waals surface area (Å²) < 4.78 is 11.1. The molecule has 1 unspecified atom stereocenters. The van der Waals surface area contributed by atoms with Crippen molar-refractivity contribution < 1.29 is 19.1 Å². The van der Waals surface area contributed by atoms with E-state index >= 15 is 0 Å². The van der Waals surface area contributed by atoms with E-state index in [0.29, 0.717) is 25.6 Å². The van der Waals surface area contributed by atoms with Gasteiger partial charge in [0.15, 0.2) is 0 Å². The number of esters is 1. The zero-order chi connectivity index (χ0) is 21.2. The fourth-order valence-corrected chi connectivity index (χ4v) is 5.45. The number of ether oxygens (including phenoxy) is 2. The van der Waals surface area contributed by atoms with Crippen LogP contribution in [0.3, 0.4) is 0 Å². The number of likely N-dealkylation sites (tertiary alicyclic amines) is 1. The quantitative estimate of drug-likeness (QED) is 0.678. The normalized spacial score (nSPS) is 27.2. The van der Waals surface area contributed by atoms with Crippen molar-refractivity contribution in [1.29, 1.82) is 0 Å². The lowest BCUT2D eigenvalue weighted by molar-refractivity contribution is -0.154. The summed E-state index contributed by atoms with van der Waals surface area (Å²) in [6, 6.07) is 7.42. The summed E-state index contributed by atoms with van der Waals surface area (Å²) in [7, 11) is 0. The van der Waals surface area contributed by atoms with Gasteiger partial charge in [0, 0.05) is 38.1 Å². The van der Waals surface area contributed by atoms with Crippen LogP contribution in [0.15, 0.2) is 18.2 Å². The highest BCUT2D eigenvalue weighted by Crippen LogP contribution is 2.29. The first kappa shape index (κ1) is 20.8. The summed E-state index contributed by atoms with van der Waals surface area (Å²) in [5.74, 6) is 0.968. The van der Waals surface area contributed by atoms with Crippen molar-refractivity contribution >= 4 is 11.9 Å². The molecule has 1 saturated carbocycles. The van der Waals surface area contributed by atoms with E-state index in [2.05, 4.69) is 23.1 Å². The van der Waals surface area contributed by atoms with Crippen LogP contribution >= 0.6 is 0 Å². The zero-order valence-corrected chi connectivity index (χ0v) is 18.4. The second kappa shape index (κ2) is 9.19. The predicted molar refractivity (Wildman–Crippen MR) is 117 cm³/mol. The van der Waals surface area contributed by atoms with Crippen molar-refractivity contribution in [3.63, 3.8) is 0 Å². The lowest BCUT2D eigenvalue weighted by Crippen LogP contribution is -2.41. The smallest absolute Gasteiger partial charge is 0.306 e. The van der Waals surface area contributed by atoms with Gasteiger partial charge in [0.25, 0.3) is 0 Å². The van der Waals surface area contributed by atoms with Gasteiger partial charge in [-0.15, -0.1) is 0 Å². The summed E-state index contributed by atoms with van der Waals surface area (Å²) >= 11 is 0. The number of fused-ring (bicyclic) bond motifs is 1. The lowest BCUT2D eigenvalue weighted by atomic mass is 9.91. The average molecular weight is 427 g/mol. The second-order valence-corrected chi connectivity index (χ2v) is 9.71. The summed E-state index contributed by atoms with van der Waals surface area (Å²) in [4.78, 5) is 28.8. The Labute approximate surface area is 184 Å². The molecule has 6 nitrogen and oxygen atoms in total. The van der Waals surface area contributed by atoms with Gasteiger partial charge in [0.2, 0.25) is 5.91 Å². The van der Waals surface area contributed by atoms with E-state index in [1.54, 1.807) is 0 Å². The van der Waals surface area contributed by atoms with E-state index in [0.717, 1.165) is 50.7 Å². The molecule has 168 valence electrons. The van der Waals surface area contributed by atoms with Crippen LogP contribution in [0.25, 0.3) is 0 Å². The molecule has 6 heteroatoms. The van der Waals surface area contributed by atoms with Crippen molar-refractivity contribution in [2.45, 2.75) is 57.4 Å². The zero-order valence-electron chi connectivity index (χ0n) is 18.4. The molecule has 1 amide bonds. The Balaban J connectivity index is 1.11. The number of carbonyl (C=O) groups is 2. The highest BCUT2D eigenvalue weighted by molar-refractivity contribution is 5.84. The third-order valence-corrected chi connectivity index (χ3v) is 7.68. The first-order valence-electron chi connectivity index (χ1n) is 12.1. The van der Waals surface area contributed by atoms with Crippen molar-refractivity contribution in [3.05, 3.63) is 29.3 Å². The van der Waals surface area contributed by atoms with E-state index < -0.39 is 0 Å². The summed E-state index contributed by atoms with van der Waals surface area (Å²) in [6.07, 6.45) is 8.22. The van der Waals surface area contributed by atoms with E-state index in [1.165, 1.54) is 36.9 Å². The Morgan fingerprint density at radius 2 is 1.90 bits per heavy atom. The fraction of sp³-hybridized carbons (Fsp3) is 0.680. The fourth-order valence-electron chi connectivity index (χ4n) is 5.45. The number of hydrogen-bond acceptors (Lipinski definition) is 5. The monoisotopic (exact) mass is 426 g/mol. The maximum Gasteiger partial charge on any atom is 0.306 e. The van der Waals surface area contributed by atoms with Gasteiger partial charge in [-0.3, -0.25) is 14.5 Å². The molecule has 0 aromatic heterocycles. The van der Waals surface area contributed by atoms with E-state index in [4.69, 9.17) is 9.47 Å². The SMILES string of the molecule is O=C1CC(C(=O)N2CC[C@H](COc3ccc4c(c3)CCN(C3CCC3)CC4)C2)CCO1. The van der Waals surface area contributed by atoms with Crippen LogP contribution in [0.1, 0.15) is 49.7 Å². The van der Waals surface area contributed by atoms with Gasteiger partial charge < -0.3 is 14.4 Å². The number of rotatable bonds is 5. The number of nitrogens with zero attached hydrogens (tertiary/aromatic N) is 2. The molecular formula is C25H34N2O4. The number of hydrogen-bond donors (Lipinski definition) is 0. The molecule has 1 aromatic rings. The van der Waals surface area contributed by atoms with Crippen LogP contribution in [0.5, 0.6) is 5.75 Å². The first-order valence-corrected chi connectivity index (χ1v) is 12.1. The van der Waals surface area contributed by atoms with Gasteiger partial charge in [0.05, 0.1) is 25.6 Å². The Kier molecular flexibility index (Phi) is 6.17. The Morgan fingerprint density at radius 3 is 2.68 bits per heavy atom. The lowest BCUT2D eigenvalue weighted by Gasteiger charge is -2.36. The van der Waals surface area contributed by atoms with Crippen LogP contribution in [0, 0.1) is 11.8 Å². The van der Waals surface area contributed by atoms with Crippen LogP contribution < -0.4 is 4.74 Å². The standard InChI is InChI=1S/C25H34N2O4/c28-24-15-21(9-13-30-24)25(29)27-10-6-18(16-27)17-31-23-5-4-19-7-11-26(22-2-1-3-22)12-8-20(19)14-23/h4-5,14,18,21-22H,1-3,6-13,15-17H2/t18-,21?/m0/s1. The van der Waals surface area contributed by atoms with E-state index in [-0.39, 0.29) is 24.2 Å². The molecule has 1 aromatic carbocycles. The van der Waals surface area contributed by atoms with Crippen LogP contribution in [-0.2, 0) is 27.2 Å². The largest absolute Gasteiger partial charge is 0.493 e. The highest BCUT2D eigenvalue weighted by Gasteiger charge is 2.34. The van der Waals surface area contributed by atoms with Gasteiger partial charge in [-0.1, -0.05) is 12.5 Å². The van der Waals surface area contributed by atoms with E-state index in [1.807, 2.05) is 4.90 Å². The topological polar surface area (TPSA) is 59.1 Å². The first-order chi connectivity index (χ1) is 15.2. The van der Waals surface area contributed by atoms with Gasteiger partial charge in [0.1, 0.15) is 5.75 Å². The Bertz CT molecular complexity index is 822. The molecular weight excluding hydrogens is 392 g/mol. The van der Waals surface area contributed by atoms with Crippen molar-refractivity contribution in [3.8, 4) is 5.75 Å². The molecule has 0 bridgehead atoms. The Morgan fingerprint density at radius 1 is 1.06 bits per heavy atom. The minimum absolute atomic E-state index is 0.111. The van der Waals surface area contributed by atoms with Crippen molar-refractivity contribution in [1.82, 2.24) is 9.80 Å². The molecule has 31 heavy (non-hydrogen) atoms. The van der Waals surface area contributed by atoms with Crippen molar-refractivity contribution in [2.24, 2.45) is 11.8 Å². The average Bonchev–Trinajstić information content (AvgIpc) is 3.12. The van der Waals surface area contributed by atoms with Crippen LogP contribution in [-0.4, -0.2) is 67.1 Å². The summed E-state index contributed by atoms with van der Waals surface area (Å²) in [6.45, 7) is 4.85. The third-order valence-electron chi connectivity index (χ3n) is 7.68. The highest BCUT2D eigenvalue weighted by atomic mass is 16.5. The van der Waals surface area contributed by atoms with E-state index in [9.17, 15) is 9.59 Å². The number of amides is 1. The van der Waals surface area contributed by atoms with Gasteiger partial charge in [-0.25, -0.2) is 0 Å². The molecule has 0 spiro atoms. The molecule has 3 fully saturated rings. The molecule has 5 rings (SSSR count). The summed E-state index contributed by atoms with van der Waals surface area (Å²) in [5, 5.41) is 0. The molecule has 0 N–H and O–H groups in total. The molecule has 2 saturated heterocycles. The molecule has 1 aliphatic carbocycles. The van der Waals surface area contributed by atoms with Crippen LogP contribution in [0.2, 0.25) is 0 Å². The van der Waals surface area contributed by atoms with Gasteiger partial charge in [-0.2, -0.15) is 0 Å². The molecule has 4 aliphatic rings. The summed E-state index contributed by atoms with van der Waals surface area (Å²) in [5.41, 5.74) is 2.91. The van der Waals surface area contributed by atoms with Crippen LogP contribution in [0.4, 0.5) is 0 Å². The second-order valence-electron chi connectivity index (χ2n) is 9.71. The Hall–Kier alpha value is -2.08. The molecule has 3 aliphatic heterocycles. The van der Waals surface area contributed by atoms with Crippen molar-refractivity contribution in [2.75, 3.05) is 39.4 Å². The number of cyclic esters (lactones) is 1. The van der Waals surface area contributed by atoms with Gasteiger partial charge >= 0.3 is 5.97 Å². The minimum atomic E-state index is -0.248. The maximum absolute atomic E-state index is 12.7. The molecule has 0 radical (unpaired) electrons. The van der Waals surface area contributed by atoms with Gasteiger partial charge in [-0.05, 0) is 61.8 Å². The maximum atomic E-state index is 12.7. The molecule has 2 atom stereocenters. The number of carbonyl (C=O) groups excluding carboxylic acids is 2.